The molecule has 1 atom stereocenters. The van der Waals surface area contributed by atoms with Crippen molar-refractivity contribution in [3.8, 4) is 5.75 Å². The maximum absolute atomic E-state index is 11.6. The maximum atomic E-state index is 11.6. The third-order valence-corrected chi connectivity index (χ3v) is 2.40. The third kappa shape index (κ3) is 4.27. The molecule has 0 saturated heterocycles. The van der Waals surface area contributed by atoms with E-state index in [2.05, 4.69) is 15.4 Å². The van der Waals surface area contributed by atoms with Gasteiger partial charge in [-0.15, -0.1) is 0 Å². The summed E-state index contributed by atoms with van der Waals surface area (Å²) >= 11 is 0. The number of hydrogen-bond acceptors (Lipinski definition) is 5. The van der Waals surface area contributed by atoms with E-state index in [-0.39, 0.29) is 0 Å². The second kappa shape index (κ2) is 7.13. The topological polar surface area (TPSA) is 93.7 Å². The van der Waals surface area contributed by atoms with Gasteiger partial charge in [0.1, 0.15) is 5.75 Å². The Kier molecular flexibility index (Phi) is 5.52. The summed E-state index contributed by atoms with van der Waals surface area (Å²) < 4.78 is 9.94. The summed E-state index contributed by atoms with van der Waals surface area (Å²) in [5.74, 6) is -0.766. The van der Waals surface area contributed by atoms with Gasteiger partial charge in [0.25, 0.3) is 5.91 Å². The molecule has 7 nitrogen and oxygen atoms in total. The van der Waals surface area contributed by atoms with Crippen LogP contribution in [0, 0.1) is 0 Å². The van der Waals surface area contributed by atoms with E-state index in [1.54, 1.807) is 18.2 Å². The molecule has 1 aromatic rings. The van der Waals surface area contributed by atoms with Gasteiger partial charge in [-0.05, 0) is 25.1 Å². The number of urea groups is 1. The van der Waals surface area contributed by atoms with Crippen LogP contribution in [0.4, 0.5) is 4.79 Å². The molecule has 3 amide bonds. The van der Waals surface area contributed by atoms with Gasteiger partial charge in [-0.3, -0.25) is 10.1 Å². The van der Waals surface area contributed by atoms with Crippen LogP contribution in [0.1, 0.15) is 17.3 Å². The molecular formula is C13H16N2O5. The van der Waals surface area contributed by atoms with Crippen LogP contribution in [0.15, 0.2) is 24.3 Å². The minimum Gasteiger partial charge on any atom is -0.481 e. The first-order valence-electron chi connectivity index (χ1n) is 5.85. The van der Waals surface area contributed by atoms with Gasteiger partial charge in [0, 0.05) is 7.05 Å². The van der Waals surface area contributed by atoms with Gasteiger partial charge in [-0.1, -0.05) is 6.07 Å². The first kappa shape index (κ1) is 15.5. The molecule has 0 aromatic heterocycles. The summed E-state index contributed by atoms with van der Waals surface area (Å²) in [7, 11) is 2.67. The van der Waals surface area contributed by atoms with E-state index < -0.39 is 24.0 Å². The van der Waals surface area contributed by atoms with Crippen LogP contribution >= 0.6 is 0 Å². The van der Waals surface area contributed by atoms with Gasteiger partial charge < -0.3 is 14.8 Å². The second-order valence-electron chi connectivity index (χ2n) is 3.85. The predicted molar refractivity (Wildman–Crippen MR) is 70.5 cm³/mol. The maximum Gasteiger partial charge on any atom is 0.337 e. The fourth-order valence-corrected chi connectivity index (χ4v) is 1.35. The van der Waals surface area contributed by atoms with E-state index in [9.17, 15) is 14.4 Å². The van der Waals surface area contributed by atoms with Crippen molar-refractivity contribution in [2.75, 3.05) is 14.2 Å². The lowest BCUT2D eigenvalue weighted by molar-refractivity contribution is -0.126. The molecule has 0 bridgehead atoms. The highest BCUT2D eigenvalue weighted by Gasteiger charge is 2.17. The number of carbonyl (C=O) groups excluding carboxylic acids is 3. The summed E-state index contributed by atoms with van der Waals surface area (Å²) in [5, 5.41) is 4.35. The molecule has 0 spiro atoms. The van der Waals surface area contributed by atoms with E-state index in [0.29, 0.717) is 11.3 Å². The van der Waals surface area contributed by atoms with Gasteiger partial charge >= 0.3 is 12.0 Å². The number of ether oxygens (including phenoxy) is 2. The van der Waals surface area contributed by atoms with Crippen LogP contribution in [0.5, 0.6) is 5.75 Å². The number of rotatable bonds is 4. The molecule has 7 heteroatoms. The van der Waals surface area contributed by atoms with Crippen molar-refractivity contribution in [1.82, 2.24) is 10.6 Å². The van der Waals surface area contributed by atoms with Crippen molar-refractivity contribution in [2.24, 2.45) is 0 Å². The number of benzene rings is 1. The highest BCUT2D eigenvalue weighted by molar-refractivity contribution is 5.96. The molecule has 0 radical (unpaired) electrons. The zero-order valence-corrected chi connectivity index (χ0v) is 11.4. The Morgan fingerprint density at radius 2 is 1.95 bits per heavy atom. The Bertz CT molecular complexity index is 515. The summed E-state index contributed by atoms with van der Waals surface area (Å²) in [5.41, 5.74) is 0.309. The van der Waals surface area contributed by atoms with Crippen molar-refractivity contribution >= 4 is 17.9 Å². The highest BCUT2D eigenvalue weighted by Crippen LogP contribution is 2.15. The standard InChI is InChI=1S/C13H16N2O5/c1-8(11(16)15-13(18)14-2)20-10-6-4-5-9(7-10)12(17)19-3/h4-8H,1-3H3,(H2,14,15,16,18)/t8-/m0/s1. The van der Waals surface area contributed by atoms with E-state index in [1.165, 1.54) is 27.1 Å². The van der Waals surface area contributed by atoms with E-state index >= 15 is 0 Å². The number of imide groups is 1. The van der Waals surface area contributed by atoms with Gasteiger partial charge in [0.05, 0.1) is 12.7 Å². The molecule has 0 heterocycles. The van der Waals surface area contributed by atoms with Crippen LogP contribution in [0.3, 0.4) is 0 Å². The smallest absolute Gasteiger partial charge is 0.337 e. The summed E-state index contributed by atoms with van der Waals surface area (Å²) in [6, 6.07) is 5.60. The first-order chi connectivity index (χ1) is 9.47. The van der Waals surface area contributed by atoms with Gasteiger partial charge in [-0.2, -0.15) is 0 Å². The number of methoxy groups -OCH3 is 1. The monoisotopic (exact) mass is 280 g/mol. The van der Waals surface area contributed by atoms with Gasteiger partial charge in [0.15, 0.2) is 6.10 Å². The zero-order valence-electron chi connectivity index (χ0n) is 11.4. The fourth-order valence-electron chi connectivity index (χ4n) is 1.35. The van der Waals surface area contributed by atoms with Crippen LogP contribution in [-0.2, 0) is 9.53 Å². The predicted octanol–water partition coefficient (Wildman–Crippen LogP) is 0.696. The van der Waals surface area contributed by atoms with E-state index in [4.69, 9.17) is 4.74 Å². The van der Waals surface area contributed by atoms with Crippen LogP contribution < -0.4 is 15.4 Å². The summed E-state index contributed by atoms with van der Waals surface area (Å²) in [6.45, 7) is 1.49. The summed E-state index contributed by atoms with van der Waals surface area (Å²) in [6.07, 6.45) is -0.889. The second-order valence-corrected chi connectivity index (χ2v) is 3.85. The lowest BCUT2D eigenvalue weighted by Crippen LogP contribution is -2.43. The number of esters is 1. The Hall–Kier alpha value is -2.57. The lowest BCUT2D eigenvalue weighted by atomic mass is 10.2. The van der Waals surface area contributed by atoms with Crippen molar-refractivity contribution in [3.05, 3.63) is 29.8 Å². The molecule has 20 heavy (non-hydrogen) atoms. The van der Waals surface area contributed by atoms with Gasteiger partial charge in [0.2, 0.25) is 0 Å². The minimum absolute atomic E-state index is 0.309. The molecule has 0 unspecified atom stereocenters. The molecule has 1 rings (SSSR count). The van der Waals surface area contributed by atoms with Gasteiger partial charge in [-0.25, -0.2) is 9.59 Å². The van der Waals surface area contributed by atoms with Crippen molar-refractivity contribution in [3.63, 3.8) is 0 Å². The van der Waals surface area contributed by atoms with Crippen molar-refractivity contribution < 1.29 is 23.9 Å². The Balaban J connectivity index is 2.70. The molecule has 0 aliphatic carbocycles. The average molecular weight is 280 g/mol. The number of nitrogens with one attached hydrogen (secondary N) is 2. The molecule has 0 aliphatic heterocycles. The number of carbonyl (C=O) groups is 3. The number of amides is 3. The Morgan fingerprint density at radius 1 is 1.25 bits per heavy atom. The highest BCUT2D eigenvalue weighted by atomic mass is 16.5. The fraction of sp³-hybridized carbons (Fsp3) is 0.308. The third-order valence-electron chi connectivity index (χ3n) is 2.40. The quantitative estimate of drug-likeness (QED) is 0.792. The first-order valence-corrected chi connectivity index (χ1v) is 5.85. The SMILES string of the molecule is CNC(=O)NC(=O)[C@H](C)Oc1cccc(C(=O)OC)c1. The Labute approximate surface area is 116 Å². The van der Waals surface area contributed by atoms with E-state index in [1.807, 2.05) is 0 Å². The molecule has 0 aliphatic rings. The molecule has 1 aromatic carbocycles. The summed E-state index contributed by atoms with van der Waals surface area (Å²) in [4.78, 5) is 34.0. The van der Waals surface area contributed by atoms with Crippen molar-refractivity contribution in [1.29, 1.82) is 0 Å². The van der Waals surface area contributed by atoms with Crippen molar-refractivity contribution in [2.45, 2.75) is 13.0 Å². The van der Waals surface area contributed by atoms with Crippen LogP contribution in [0.25, 0.3) is 0 Å². The zero-order chi connectivity index (χ0) is 15.1. The molecular weight excluding hydrogens is 264 g/mol. The number of hydrogen-bond donors (Lipinski definition) is 2. The van der Waals surface area contributed by atoms with Crippen LogP contribution in [0.2, 0.25) is 0 Å². The molecule has 2 N–H and O–H groups in total. The van der Waals surface area contributed by atoms with E-state index in [0.717, 1.165) is 0 Å². The average Bonchev–Trinajstić information content (AvgIpc) is 2.46. The molecule has 0 fully saturated rings. The minimum atomic E-state index is -0.889. The molecule has 108 valence electrons. The molecule has 0 saturated carbocycles. The van der Waals surface area contributed by atoms with Crippen LogP contribution in [-0.4, -0.2) is 38.2 Å². The Morgan fingerprint density at radius 3 is 2.55 bits per heavy atom. The normalized spacial score (nSPS) is 11.2. The largest absolute Gasteiger partial charge is 0.481 e. The lowest BCUT2D eigenvalue weighted by Gasteiger charge is -2.14.